The van der Waals surface area contributed by atoms with Gasteiger partial charge in [-0.1, -0.05) is 26.8 Å². The van der Waals surface area contributed by atoms with Crippen molar-refractivity contribution in [3.05, 3.63) is 36.0 Å². The Morgan fingerprint density at radius 1 is 1.13 bits per heavy atom. The van der Waals surface area contributed by atoms with Crippen molar-refractivity contribution < 1.29 is 14.6 Å². The molecule has 1 aliphatic carbocycles. The molecule has 5 nitrogen and oxygen atoms in total. The van der Waals surface area contributed by atoms with Crippen LogP contribution in [0.2, 0.25) is 0 Å². The first-order valence-electron chi connectivity index (χ1n) is 11.8. The number of rotatable bonds is 5. The van der Waals surface area contributed by atoms with Gasteiger partial charge in [0.2, 0.25) is 0 Å². The van der Waals surface area contributed by atoms with Gasteiger partial charge in [0.1, 0.15) is 5.75 Å². The Hall–Kier alpha value is -2.14. The van der Waals surface area contributed by atoms with Crippen LogP contribution in [0.4, 0.5) is 0 Å². The van der Waals surface area contributed by atoms with Gasteiger partial charge in [-0.05, 0) is 80.7 Å². The molecule has 31 heavy (non-hydrogen) atoms. The molecule has 1 aliphatic heterocycles. The van der Waals surface area contributed by atoms with E-state index in [1.165, 1.54) is 12.8 Å². The Balaban J connectivity index is 1.37. The first-order valence-corrected chi connectivity index (χ1v) is 11.8. The number of carboxylic acids is 1. The number of fused-ring (bicyclic) bond motifs is 1. The van der Waals surface area contributed by atoms with Gasteiger partial charge in [-0.15, -0.1) is 0 Å². The molecule has 0 radical (unpaired) electrons. The molecule has 5 heteroatoms. The molecule has 1 atom stereocenters. The molecule has 2 heterocycles. The quantitative estimate of drug-likeness (QED) is 0.685. The summed E-state index contributed by atoms with van der Waals surface area (Å²) in [6, 6.07) is 10.4. The predicted octanol–water partition coefficient (Wildman–Crippen LogP) is 5.52. The van der Waals surface area contributed by atoms with Crippen LogP contribution in [0.25, 0.3) is 10.9 Å². The summed E-state index contributed by atoms with van der Waals surface area (Å²) in [5.41, 5.74) is 2.35. The van der Waals surface area contributed by atoms with E-state index in [-0.39, 0.29) is 5.92 Å². The van der Waals surface area contributed by atoms with Crippen LogP contribution in [-0.4, -0.2) is 40.2 Å². The fourth-order valence-electron chi connectivity index (χ4n) is 5.18. The first kappa shape index (κ1) is 22.1. The number of aliphatic carboxylic acids is 1. The maximum atomic E-state index is 11.3. The van der Waals surface area contributed by atoms with E-state index < -0.39 is 5.97 Å². The van der Waals surface area contributed by atoms with Crippen molar-refractivity contribution in [3.63, 3.8) is 0 Å². The van der Waals surface area contributed by atoms with Crippen LogP contribution < -0.4 is 4.74 Å². The van der Waals surface area contributed by atoms with Gasteiger partial charge in [-0.2, -0.15) is 0 Å². The van der Waals surface area contributed by atoms with Crippen LogP contribution in [0, 0.1) is 17.3 Å². The minimum Gasteiger partial charge on any atom is -0.490 e. The van der Waals surface area contributed by atoms with Crippen molar-refractivity contribution in [3.8, 4) is 5.75 Å². The van der Waals surface area contributed by atoms with Gasteiger partial charge in [0.15, 0.2) is 0 Å². The zero-order chi connectivity index (χ0) is 22.0. The summed E-state index contributed by atoms with van der Waals surface area (Å²) >= 11 is 0. The number of carbonyl (C=O) groups is 1. The average Bonchev–Trinajstić information content (AvgIpc) is 2.74. The summed E-state index contributed by atoms with van der Waals surface area (Å²) in [4.78, 5) is 18.3. The van der Waals surface area contributed by atoms with Crippen molar-refractivity contribution in [1.82, 2.24) is 9.88 Å². The summed E-state index contributed by atoms with van der Waals surface area (Å²) in [6.07, 6.45) is 6.76. The Kier molecular flexibility index (Phi) is 6.52. The van der Waals surface area contributed by atoms with Crippen molar-refractivity contribution in [2.75, 3.05) is 13.1 Å². The number of carboxylic acid groups (broad SMARTS) is 1. The van der Waals surface area contributed by atoms with E-state index in [9.17, 15) is 9.90 Å². The standard InChI is InChI=1S/C26H36N2O3/c1-26(2,3)20-7-10-22(11-8-20)31-23-12-13-24-18(15-23)6-9-21(27-24)17-28-14-4-5-19(16-28)25(29)30/h6,9,12-13,15,19-20,22H,4-5,7-8,10-11,14,16-17H2,1-3H3,(H,29,30)/t19?,20-,22-. The molecule has 2 aromatic rings. The maximum Gasteiger partial charge on any atom is 0.307 e. The van der Waals surface area contributed by atoms with Crippen molar-refractivity contribution >= 4 is 16.9 Å². The SMILES string of the molecule is CC(C)(C)[C@H]1CC[C@H](Oc2ccc3nc(CN4CCCC(C(=O)O)C4)ccc3c2)CC1. The molecule has 1 saturated heterocycles. The van der Waals surface area contributed by atoms with Crippen molar-refractivity contribution in [2.24, 2.45) is 17.3 Å². The lowest BCUT2D eigenvalue weighted by molar-refractivity contribution is -0.143. The number of hydrogen-bond acceptors (Lipinski definition) is 4. The highest BCUT2D eigenvalue weighted by molar-refractivity contribution is 5.80. The smallest absolute Gasteiger partial charge is 0.307 e. The number of hydrogen-bond donors (Lipinski definition) is 1. The number of ether oxygens (including phenoxy) is 1. The van der Waals surface area contributed by atoms with Crippen LogP contribution in [0.3, 0.4) is 0 Å². The molecule has 1 saturated carbocycles. The number of nitrogens with zero attached hydrogens (tertiary/aromatic N) is 2. The van der Waals surface area contributed by atoms with Gasteiger partial charge >= 0.3 is 5.97 Å². The van der Waals surface area contributed by atoms with Gasteiger partial charge in [0, 0.05) is 18.5 Å². The average molecular weight is 425 g/mol. The molecule has 0 spiro atoms. The fourth-order valence-corrected chi connectivity index (χ4v) is 5.18. The third-order valence-corrected chi connectivity index (χ3v) is 7.16. The number of likely N-dealkylation sites (tertiary alicyclic amines) is 1. The minimum atomic E-state index is -0.685. The lowest BCUT2D eigenvalue weighted by Crippen LogP contribution is -2.38. The summed E-state index contributed by atoms with van der Waals surface area (Å²) in [6.45, 7) is 9.29. The molecule has 2 fully saturated rings. The second-order valence-corrected chi connectivity index (χ2v) is 10.5. The summed E-state index contributed by atoms with van der Waals surface area (Å²) < 4.78 is 6.32. The van der Waals surface area contributed by atoms with Crippen molar-refractivity contribution in [1.29, 1.82) is 0 Å². The summed E-state index contributed by atoms with van der Waals surface area (Å²) in [5, 5.41) is 10.4. The third-order valence-electron chi connectivity index (χ3n) is 7.16. The lowest BCUT2D eigenvalue weighted by Gasteiger charge is -2.36. The van der Waals surface area contributed by atoms with Gasteiger partial charge in [-0.3, -0.25) is 14.7 Å². The van der Waals surface area contributed by atoms with Gasteiger partial charge in [-0.25, -0.2) is 0 Å². The molecule has 2 aliphatic rings. The Bertz CT molecular complexity index is 912. The fraction of sp³-hybridized carbons (Fsp3) is 0.615. The first-order chi connectivity index (χ1) is 14.8. The summed E-state index contributed by atoms with van der Waals surface area (Å²) in [5.74, 6) is 0.779. The lowest BCUT2D eigenvalue weighted by atomic mass is 9.72. The van der Waals surface area contributed by atoms with E-state index in [4.69, 9.17) is 9.72 Å². The number of piperidine rings is 1. The molecule has 4 rings (SSSR count). The number of aromatic nitrogens is 1. The van der Waals surface area contributed by atoms with Gasteiger partial charge in [0.25, 0.3) is 0 Å². The Morgan fingerprint density at radius 3 is 2.61 bits per heavy atom. The second kappa shape index (κ2) is 9.15. The highest BCUT2D eigenvalue weighted by atomic mass is 16.5. The molecule has 1 aromatic carbocycles. The Labute approximate surface area is 185 Å². The predicted molar refractivity (Wildman–Crippen MR) is 123 cm³/mol. The monoisotopic (exact) mass is 424 g/mol. The van der Waals surface area contributed by atoms with Crippen LogP contribution in [-0.2, 0) is 11.3 Å². The van der Waals surface area contributed by atoms with Crippen LogP contribution in [0.1, 0.15) is 65.0 Å². The molecule has 1 N–H and O–H groups in total. The second-order valence-electron chi connectivity index (χ2n) is 10.5. The highest BCUT2D eigenvalue weighted by Gasteiger charge is 2.30. The minimum absolute atomic E-state index is 0.257. The van der Waals surface area contributed by atoms with E-state index >= 15 is 0 Å². The number of pyridine rings is 1. The van der Waals surface area contributed by atoms with Crippen molar-refractivity contribution in [2.45, 2.75) is 71.9 Å². The van der Waals surface area contributed by atoms with Gasteiger partial charge in [0.05, 0.1) is 23.2 Å². The molecule has 0 bridgehead atoms. The molecule has 168 valence electrons. The third kappa shape index (κ3) is 5.57. The molecule has 1 unspecified atom stereocenters. The maximum absolute atomic E-state index is 11.3. The molecule has 1 aromatic heterocycles. The largest absolute Gasteiger partial charge is 0.490 e. The van der Waals surface area contributed by atoms with E-state index in [0.717, 1.165) is 60.5 Å². The topological polar surface area (TPSA) is 62.7 Å². The number of benzene rings is 1. The van der Waals surface area contributed by atoms with E-state index in [1.54, 1.807) is 0 Å². The summed E-state index contributed by atoms with van der Waals surface area (Å²) in [7, 11) is 0. The van der Waals surface area contributed by atoms with E-state index in [1.807, 2.05) is 12.1 Å². The zero-order valence-corrected chi connectivity index (χ0v) is 19.1. The molecule has 0 amide bonds. The van der Waals surface area contributed by atoms with E-state index in [2.05, 4.69) is 43.9 Å². The van der Waals surface area contributed by atoms with Crippen LogP contribution >= 0.6 is 0 Å². The normalized spacial score (nSPS) is 25.5. The van der Waals surface area contributed by atoms with Crippen LogP contribution in [0.15, 0.2) is 30.3 Å². The van der Waals surface area contributed by atoms with Crippen LogP contribution in [0.5, 0.6) is 5.75 Å². The van der Waals surface area contributed by atoms with Gasteiger partial charge < -0.3 is 9.84 Å². The highest BCUT2D eigenvalue weighted by Crippen LogP contribution is 2.39. The van der Waals surface area contributed by atoms with E-state index in [0.29, 0.717) is 24.6 Å². The molecular formula is C26H36N2O3. The Morgan fingerprint density at radius 2 is 1.90 bits per heavy atom. The molecular weight excluding hydrogens is 388 g/mol. The zero-order valence-electron chi connectivity index (χ0n) is 19.1.